The van der Waals surface area contributed by atoms with Gasteiger partial charge in [0, 0.05) is 43.4 Å². The van der Waals surface area contributed by atoms with Crippen molar-refractivity contribution in [2.45, 2.75) is 4.90 Å². The molecule has 2 aromatic rings. The second-order valence-corrected chi connectivity index (χ2v) is 6.32. The summed E-state index contributed by atoms with van der Waals surface area (Å²) < 4.78 is 0. The minimum absolute atomic E-state index is 0.0351. The van der Waals surface area contributed by atoms with Crippen LogP contribution >= 0.6 is 11.8 Å². The molecule has 116 valence electrons. The number of aromatic nitrogens is 3. The Labute approximate surface area is 133 Å². The smallest absolute Gasteiger partial charge is 0.276 e. The molecule has 0 bridgehead atoms. The molecule has 1 fully saturated rings. The van der Waals surface area contributed by atoms with Crippen molar-refractivity contribution in [3.63, 3.8) is 0 Å². The zero-order valence-corrected chi connectivity index (χ0v) is 13.1. The molecule has 7 heteroatoms. The Morgan fingerprint density at radius 3 is 2.64 bits per heavy atom. The molecule has 1 aliphatic heterocycles. The van der Waals surface area contributed by atoms with Crippen molar-refractivity contribution >= 4 is 17.7 Å². The molecule has 3 rings (SSSR count). The van der Waals surface area contributed by atoms with Gasteiger partial charge in [-0.25, -0.2) is 0 Å². The number of piperazine rings is 1. The lowest BCUT2D eigenvalue weighted by atomic mass is 10.3. The topological polar surface area (TPSA) is 65.1 Å². The molecule has 0 spiro atoms. The third-order valence-electron chi connectivity index (χ3n) is 3.71. The van der Waals surface area contributed by atoms with Crippen LogP contribution < -0.4 is 0 Å². The van der Waals surface area contributed by atoms with E-state index in [1.165, 1.54) is 11.1 Å². The van der Waals surface area contributed by atoms with Gasteiger partial charge in [-0.2, -0.15) is 15.4 Å². The zero-order chi connectivity index (χ0) is 15.2. The summed E-state index contributed by atoms with van der Waals surface area (Å²) in [5.41, 5.74) is 0.396. The van der Waals surface area contributed by atoms with Gasteiger partial charge in [0.25, 0.3) is 5.91 Å². The maximum atomic E-state index is 12.1. The predicted octanol–water partition coefficient (Wildman–Crippen LogP) is 1.35. The van der Waals surface area contributed by atoms with Gasteiger partial charge in [0.05, 0.1) is 6.20 Å². The van der Waals surface area contributed by atoms with Gasteiger partial charge in [-0.05, 0) is 12.1 Å². The fraction of sp³-hybridized carbons (Fsp3) is 0.400. The molecular formula is C15H19N5OS. The van der Waals surface area contributed by atoms with Gasteiger partial charge in [-0.15, -0.1) is 11.8 Å². The summed E-state index contributed by atoms with van der Waals surface area (Å²) in [7, 11) is 0. The summed E-state index contributed by atoms with van der Waals surface area (Å²) in [6.07, 6.45) is 1.48. The Morgan fingerprint density at radius 1 is 1.18 bits per heavy atom. The highest BCUT2D eigenvalue weighted by atomic mass is 32.2. The van der Waals surface area contributed by atoms with Crippen molar-refractivity contribution in [2.24, 2.45) is 0 Å². The zero-order valence-electron chi connectivity index (χ0n) is 12.3. The van der Waals surface area contributed by atoms with Gasteiger partial charge < -0.3 is 4.90 Å². The summed E-state index contributed by atoms with van der Waals surface area (Å²) in [5, 5.41) is 10.0. The van der Waals surface area contributed by atoms with E-state index in [1.54, 1.807) is 0 Å². The molecule has 1 N–H and O–H groups in total. The molecule has 0 radical (unpaired) electrons. The van der Waals surface area contributed by atoms with Gasteiger partial charge in [-0.1, -0.05) is 18.2 Å². The number of amides is 1. The van der Waals surface area contributed by atoms with Gasteiger partial charge in [0.1, 0.15) is 0 Å². The van der Waals surface area contributed by atoms with E-state index in [1.807, 2.05) is 22.7 Å². The van der Waals surface area contributed by atoms with Crippen LogP contribution in [0.5, 0.6) is 0 Å². The molecule has 0 unspecified atom stereocenters. The van der Waals surface area contributed by atoms with Crippen LogP contribution in [-0.4, -0.2) is 69.6 Å². The molecule has 1 aromatic heterocycles. The predicted molar refractivity (Wildman–Crippen MR) is 85.9 cm³/mol. The summed E-state index contributed by atoms with van der Waals surface area (Å²) >= 11 is 1.87. The Morgan fingerprint density at radius 2 is 1.95 bits per heavy atom. The molecule has 22 heavy (non-hydrogen) atoms. The second-order valence-electron chi connectivity index (χ2n) is 5.15. The fourth-order valence-electron chi connectivity index (χ4n) is 2.45. The highest BCUT2D eigenvalue weighted by Crippen LogP contribution is 2.17. The van der Waals surface area contributed by atoms with E-state index >= 15 is 0 Å². The van der Waals surface area contributed by atoms with Crippen LogP contribution in [0.4, 0.5) is 0 Å². The molecule has 1 aromatic carbocycles. The maximum Gasteiger partial charge on any atom is 0.276 e. The van der Waals surface area contributed by atoms with Crippen molar-refractivity contribution in [1.82, 2.24) is 25.2 Å². The summed E-state index contributed by atoms with van der Waals surface area (Å²) in [4.78, 5) is 17.7. The van der Waals surface area contributed by atoms with Crippen LogP contribution in [0.2, 0.25) is 0 Å². The van der Waals surface area contributed by atoms with Crippen molar-refractivity contribution < 1.29 is 4.79 Å². The highest BCUT2D eigenvalue weighted by molar-refractivity contribution is 7.99. The SMILES string of the molecule is O=C(c1cn[nH]n1)N1CCN(CCSc2ccccc2)CC1. The number of aromatic amines is 1. The van der Waals surface area contributed by atoms with Crippen LogP contribution in [0.1, 0.15) is 10.5 Å². The Kier molecular flexibility index (Phi) is 5.07. The van der Waals surface area contributed by atoms with E-state index in [-0.39, 0.29) is 5.91 Å². The van der Waals surface area contributed by atoms with E-state index in [9.17, 15) is 4.79 Å². The van der Waals surface area contributed by atoms with Crippen LogP contribution in [0, 0.1) is 0 Å². The first-order chi connectivity index (χ1) is 10.8. The van der Waals surface area contributed by atoms with E-state index in [0.29, 0.717) is 5.69 Å². The largest absolute Gasteiger partial charge is 0.335 e. The number of rotatable bonds is 5. The molecule has 1 saturated heterocycles. The number of carbonyl (C=O) groups is 1. The Bertz CT molecular complexity index is 581. The third kappa shape index (κ3) is 3.86. The van der Waals surface area contributed by atoms with Gasteiger partial charge in [0.15, 0.2) is 5.69 Å². The average Bonchev–Trinajstić information content (AvgIpc) is 3.10. The first kappa shape index (κ1) is 15.1. The summed E-state index contributed by atoms with van der Waals surface area (Å²) in [5.74, 6) is 1.04. The average molecular weight is 317 g/mol. The monoisotopic (exact) mass is 317 g/mol. The molecule has 0 aliphatic carbocycles. The first-order valence-corrected chi connectivity index (χ1v) is 8.37. The molecule has 2 heterocycles. The van der Waals surface area contributed by atoms with Gasteiger partial charge >= 0.3 is 0 Å². The Hall–Kier alpha value is -1.86. The molecular weight excluding hydrogens is 298 g/mol. The van der Waals surface area contributed by atoms with E-state index in [4.69, 9.17) is 0 Å². The van der Waals surface area contributed by atoms with Crippen LogP contribution in [0.25, 0.3) is 0 Å². The fourth-order valence-corrected chi connectivity index (χ4v) is 3.39. The Balaban J connectivity index is 1.39. The van der Waals surface area contributed by atoms with Crippen molar-refractivity contribution in [3.05, 3.63) is 42.2 Å². The summed E-state index contributed by atoms with van der Waals surface area (Å²) in [6.45, 7) is 4.38. The minimum Gasteiger partial charge on any atom is -0.335 e. The lowest BCUT2D eigenvalue weighted by Gasteiger charge is -2.34. The summed E-state index contributed by atoms with van der Waals surface area (Å²) in [6, 6.07) is 10.4. The molecule has 1 aliphatic rings. The number of H-pyrrole nitrogens is 1. The molecule has 6 nitrogen and oxygen atoms in total. The number of benzene rings is 1. The number of hydrogen-bond donors (Lipinski definition) is 1. The third-order valence-corrected chi connectivity index (χ3v) is 4.71. The maximum absolute atomic E-state index is 12.1. The standard InChI is InChI=1S/C15H19N5OS/c21-15(14-12-16-18-17-14)20-8-6-19(7-9-20)10-11-22-13-4-2-1-3-5-13/h1-5,12H,6-11H2,(H,16,17,18). The lowest BCUT2D eigenvalue weighted by Crippen LogP contribution is -2.49. The van der Waals surface area contributed by atoms with Crippen molar-refractivity contribution in [3.8, 4) is 0 Å². The number of thioether (sulfide) groups is 1. The normalized spacial score (nSPS) is 15.9. The molecule has 0 atom stereocenters. The van der Waals surface area contributed by atoms with Crippen LogP contribution in [0.15, 0.2) is 41.4 Å². The first-order valence-electron chi connectivity index (χ1n) is 7.38. The number of nitrogens with one attached hydrogen (secondary N) is 1. The second kappa shape index (κ2) is 7.42. The molecule has 0 saturated carbocycles. The number of carbonyl (C=O) groups excluding carboxylic acids is 1. The van der Waals surface area contributed by atoms with E-state index < -0.39 is 0 Å². The van der Waals surface area contributed by atoms with Crippen molar-refractivity contribution in [2.75, 3.05) is 38.5 Å². The van der Waals surface area contributed by atoms with Crippen LogP contribution in [-0.2, 0) is 0 Å². The number of nitrogens with zero attached hydrogens (tertiary/aromatic N) is 4. The quantitative estimate of drug-likeness (QED) is 0.844. The van der Waals surface area contributed by atoms with Crippen LogP contribution in [0.3, 0.4) is 0 Å². The van der Waals surface area contributed by atoms with Gasteiger partial charge in [-0.3, -0.25) is 9.69 Å². The van der Waals surface area contributed by atoms with Gasteiger partial charge in [0.2, 0.25) is 0 Å². The highest BCUT2D eigenvalue weighted by Gasteiger charge is 2.23. The molecule has 1 amide bonds. The lowest BCUT2D eigenvalue weighted by molar-refractivity contribution is 0.0639. The van der Waals surface area contributed by atoms with Crippen molar-refractivity contribution in [1.29, 1.82) is 0 Å². The minimum atomic E-state index is -0.0351. The number of hydrogen-bond acceptors (Lipinski definition) is 5. The van der Waals surface area contributed by atoms with E-state index in [0.717, 1.165) is 38.5 Å². The van der Waals surface area contributed by atoms with E-state index in [2.05, 4.69) is 44.6 Å².